The lowest BCUT2D eigenvalue weighted by atomic mass is 10.0. The highest BCUT2D eigenvalue weighted by Crippen LogP contribution is 2.18. The van der Waals surface area contributed by atoms with Crippen LogP contribution in [0.25, 0.3) is 0 Å². The number of benzene rings is 1. The molecule has 0 radical (unpaired) electrons. The predicted octanol–water partition coefficient (Wildman–Crippen LogP) is 1.37. The summed E-state index contributed by atoms with van der Waals surface area (Å²) in [7, 11) is -2.25. The highest BCUT2D eigenvalue weighted by molar-refractivity contribution is 7.89. The normalized spacial score (nSPS) is 19.0. The average Bonchev–Trinajstić information content (AvgIpc) is 2.53. The van der Waals surface area contributed by atoms with E-state index in [1.54, 1.807) is 17.0 Å². The maximum atomic E-state index is 12.2. The maximum absolute atomic E-state index is 12.2. The van der Waals surface area contributed by atoms with E-state index in [1.807, 2.05) is 6.92 Å². The van der Waals surface area contributed by atoms with Crippen LogP contribution in [0.1, 0.15) is 26.2 Å². The first kappa shape index (κ1) is 16.8. The molecule has 0 unspecified atom stereocenters. The molecule has 7 heteroatoms. The number of methoxy groups -OCH3 is 1. The van der Waals surface area contributed by atoms with Crippen molar-refractivity contribution in [2.24, 2.45) is 0 Å². The van der Waals surface area contributed by atoms with Crippen molar-refractivity contribution in [2.75, 3.05) is 20.2 Å². The van der Waals surface area contributed by atoms with Gasteiger partial charge in [0, 0.05) is 18.7 Å². The number of carbonyl (C=O) groups excluding carboxylic acids is 1. The molecular weight excluding hydrogens is 304 g/mol. The van der Waals surface area contributed by atoms with E-state index in [-0.39, 0.29) is 23.4 Å². The summed E-state index contributed by atoms with van der Waals surface area (Å²) in [4.78, 5) is 14.0. The van der Waals surface area contributed by atoms with Gasteiger partial charge >= 0.3 is 0 Å². The van der Waals surface area contributed by atoms with Gasteiger partial charge in [-0.1, -0.05) is 6.07 Å². The zero-order valence-electron chi connectivity index (χ0n) is 12.9. The number of carbonyl (C=O) groups is 1. The number of likely N-dealkylation sites (tertiary alicyclic amines) is 1. The zero-order chi connectivity index (χ0) is 16.2. The Morgan fingerprint density at radius 3 is 2.86 bits per heavy atom. The van der Waals surface area contributed by atoms with Crippen molar-refractivity contribution in [3.05, 3.63) is 24.3 Å². The fraction of sp³-hybridized carbons (Fsp3) is 0.533. The quantitative estimate of drug-likeness (QED) is 0.887. The summed E-state index contributed by atoms with van der Waals surface area (Å²) in [5.41, 5.74) is 0. The standard InChI is InChI=1S/C15H22N2O4S/c1-12-6-3-4-9-17(12)15(18)11-16-22(19,20)14-8-5-7-13(10-14)21-2/h5,7-8,10,12,16H,3-4,6,9,11H2,1-2H3/t12-/m0/s1. The second-order valence-corrected chi connectivity index (χ2v) is 7.20. The summed E-state index contributed by atoms with van der Waals surface area (Å²) in [6, 6.07) is 6.33. The lowest BCUT2D eigenvalue weighted by Gasteiger charge is -2.33. The Hall–Kier alpha value is -1.60. The first-order chi connectivity index (χ1) is 10.4. The molecule has 1 N–H and O–H groups in total. The largest absolute Gasteiger partial charge is 0.497 e. The Morgan fingerprint density at radius 1 is 1.41 bits per heavy atom. The number of hydrogen-bond donors (Lipinski definition) is 1. The molecule has 6 nitrogen and oxygen atoms in total. The van der Waals surface area contributed by atoms with Crippen molar-refractivity contribution < 1.29 is 17.9 Å². The van der Waals surface area contributed by atoms with Gasteiger partial charge in [0.25, 0.3) is 0 Å². The minimum absolute atomic E-state index is 0.0892. The van der Waals surface area contributed by atoms with Gasteiger partial charge in [-0.3, -0.25) is 4.79 Å². The van der Waals surface area contributed by atoms with Crippen LogP contribution < -0.4 is 9.46 Å². The SMILES string of the molecule is COc1cccc(S(=O)(=O)NCC(=O)N2CCCC[C@@H]2C)c1. The summed E-state index contributed by atoms with van der Waals surface area (Å²) in [5, 5.41) is 0. The van der Waals surface area contributed by atoms with Crippen molar-refractivity contribution in [1.29, 1.82) is 0 Å². The van der Waals surface area contributed by atoms with Gasteiger partial charge in [-0.2, -0.15) is 0 Å². The van der Waals surface area contributed by atoms with E-state index in [0.29, 0.717) is 12.3 Å². The number of sulfonamides is 1. The number of amides is 1. The summed E-state index contributed by atoms with van der Waals surface area (Å²) < 4.78 is 31.9. The molecule has 1 heterocycles. The van der Waals surface area contributed by atoms with Crippen LogP contribution in [0.5, 0.6) is 5.75 Å². The average molecular weight is 326 g/mol. The fourth-order valence-electron chi connectivity index (χ4n) is 2.58. The van der Waals surface area contributed by atoms with E-state index < -0.39 is 10.0 Å². The van der Waals surface area contributed by atoms with Crippen LogP contribution >= 0.6 is 0 Å². The molecule has 1 fully saturated rings. The Morgan fingerprint density at radius 2 is 2.18 bits per heavy atom. The predicted molar refractivity (Wildman–Crippen MR) is 83.2 cm³/mol. The van der Waals surface area contributed by atoms with E-state index in [9.17, 15) is 13.2 Å². The molecule has 0 aromatic heterocycles. The summed E-state index contributed by atoms with van der Waals surface area (Å²) in [6.07, 6.45) is 3.05. The monoisotopic (exact) mass is 326 g/mol. The van der Waals surface area contributed by atoms with Gasteiger partial charge in [0.05, 0.1) is 18.6 Å². The number of nitrogens with one attached hydrogen (secondary N) is 1. The molecule has 0 bridgehead atoms. The number of rotatable bonds is 5. The molecule has 1 aromatic rings. The summed E-state index contributed by atoms with van der Waals surface area (Å²) in [5.74, 6) is 0.275. The zero-order valence-corrected chi connectivity index (χ0v) is 13.7. The van der Waals surface area contributed by atoms with E-state index in [1.165, 1.54) is 19.2 Å². The third-order valence-electron chi connectivity index (χ3n) is 3.89. The number of nitrogens with zero attached hydrogens (tertiary/aromatic N) is 1. The van der Waals surface area contributed by atoms with Gasteiger partial charge in [-0.15, -0.1) is 0 Å². The van der Waals surface area contributed by atoms with Crippen LogP contribution in [0.2, 0.25) is 0 Å². The highest BCUT2D eigenvalue weighted by atomic mass is 32.2. The van der Waals surface area contributed by atoms with Gasteiger partial charge in [0.15, 0.2) is 0 Å². The molecule has 1 saturated heterocycles. The Balaban J connectivity index is 2.01. The summed E-state index contributed by atoms with van der Waals surface area (Å²) >= 11 is 0. The molecule has 122 valence electrons. The maximum Gasteiger partial charge on any atom is 0.241 e. The molecule has 1 aromatic carbocycles. The first-order valence-electron chi connectivity index (χ1n) is 7.37. The van der Waals surface area contributed by atoms with Gasteiger partial charge in [-0.25, -0.2) is 13.1 Å². The fourth-order valence-corrected chi connectivity index (χ4v) is 3.59. The minimum atomic E-state index is -3.72. The third kappa shape index (κ3) is 3.98. The molecule has 1 amide bonds. The highest BCUT2D eigenvalue weighted by Gasteiger charge is 2.24. The molecule has 0 aliphatic carbocycles. The van der Waals surface area contributed by atoms with Crippen LogP contribution in [-0.2, 0) is 14.8 Å². The molecule has 0 spiro atoms. The van der Waals surface area contributed by atoms with Gasteiger partial charge in [0.1, 0.15) is 5.75 Å². The molecule has 1 atom stereocenters. The number of ether oxygens (including phenoxy) is 1. The van der Waals surface area contributed by atoms with Crippen molar-refractivity contribution >= 4 is 15.9 Å². The molecule has 1 aliphatic heterocycles. The Bertz CT molecular complexity index is 630. The van der Waals surface area contributed by atoms with E-state index >= 15 is 0 Å². The van der Waals surface area contributed by atoms with Crippen LogP contribution in [0, 0.1) is 0 Å². The van der Waals surface area contributed by atoms with Crippen molar-refractivity contribution in [3.63, 3.8) is 0 Å². The molecule has 22 heavy (non-hydrogen) atoms. The molecule has 2 rings (SSSR count). The third-order valence-corrected chi connectivity index (χ3v) is 5.29. The Kier molecular flexibility index (Phi) is 5.42. The van der Waals surface area contributed by atoms with Crippen LogP contribution in [0.15, 0.2) is 29.2 Å². The van der Waals surface area contributed by atoms with E-state index in [0.717, 1.165) is 19.3 Å². The topological polar surface area (TPSA) is 75.7 Å². The lowest BCUT2D eigenvalue weighted by Crippen LogP contribution is -2.46. The molecule has 1 aliphatic rings. The first-order valence-corrected chi connectivity index (χ1v) is 8.85. The lowest BCUT2D eigenvalue weighted by molar-refractivity contribution is -0.133. The second kappa shape index (κ2) is 7.11. The number of hydrogen-bond acceptors (Lipinski definition) is 4. The smallest absolute Gasteiger partial charge is 0.241 e. The van der Waals surface area contributed by atoms with Crippen molar-refractivity contribution in [2.45, 2.75) is 37.1 Å². The Labute approximate surface area is 131 Å². The van der Waals surface area contributed by atoms with E-state index in [2.05, 4.69) is 4.72 Å². The van der Waals surface area contributed by atoms with Crippen molar-refractivity contribution in [3.8, 4) is 5.75 Å². The van der Waals surface area contributed by atoms with Crippen LogP contribution in [-0.4, -0.2) is 45.5 Å². The van der Waals surface area contributed by atoms with Crippen LogP contribution in [0.4, 0.5) is 0 Å². The van der Waals surface area contributed by atoms with Gasteiger partial charge < -0.3 is 9.64 Å². The minimum Gasteiger partial charge on any atom is -0.497 e. The molecular formula is C15H22N2O4S. The van der Waals surface area contributed by atoms with Crippen LogP contribution in [0.3, 0.4) is 0 Å². The van der Waals surface area contributed by atoms with Gasteiger partial charge in [-0.05, 0) is 38.3 Å². The summed E-state index contributed by atoms with van der Waals surface area (Å²) in [6.45, 7) is 2.47. The molecule has 0 saturated carbocycles. The van der Waals surface area contributed by atoms with E-state index in [4.69, 9.17) is 4.74 Å². The van der Waals surface area contributed by atoms with Crippen molar-refractivity contribution in [1.82, 2.24) is 9.62 Å². The van der Waals surface area contributed by atoms with Gasteiger partial charge in [0.2, 0.25) is 15.9 Å². The second-order valence-electron chi connectivity index (χ2n) is 5.44. The number of piperidine rings is 1.